The average molecular weight is 183 g/mol. The molecule has 2 aromatic rings. The minimum Gasteiger partial charge on any atom is -0.353 e. The molecule has 0 atom stereocenters. The lowest BCUT2D eigenvalue weighted by Crippen LogP contribution is -2.47. The zero-order valence-corrected chi connectivity index (χ0v) is 7.23. The van der Waals surface area contributed by atoms with Gasteiger partial charge >= 0.3 is 0 Å². The van der Waals surface area contributed by atoms with Crippen molar-refractivity contribution in [2.75, 3.05) is 0 Å². The Kier molecular flexibility index (Phi) is 1.75. The van der Waals surface area contributed by atoms with Gasteiger partial charge in [0.25, 0.3) is 0 Å². The van der Waals surface area contributed by atoms with E-state index in [2.05, 4.69) is 15.9 Å². The topological polar surface area (TPSA) is 56.3 Å². The summed E-state index contributed by atoms with van der Waals surface area (Å²) < 4.78 is 0. The van der Waals surface area contributed by atoms with Crippen LogP contribution < -0.4 is 5.73 Å². The monoisotopic (exact) mass is 182 g/mol. The summed E-state index contributed by atoms with van der Waals surface area (Å²) in [7, 11) is 0. The maximum atomic E-state index is 5.84. The van der Waals surface area contributed by atoms with Gasteiger partial charge in [-0.1, -0.05) is 11.6 Å². The molecule has 1 heterocycles. The van der Waals surface area contributed by atoms with E-state index < -0.39 is 0 Å². The van der Waals surface area contributed by atoms with Crippen molar-refractivity contribution >= 4 is 22.5 Å². The van der Waals surface area contributed by atoms with Gasteiger partial charge in [0.1, 0.15) is 6.54 Å². The first-order valence-electron chi connectivity index (χ1n) is 3.73. The van der Waals surface area contributed by atoms with E-state index in [1.807, 2.05) is 18.2 Å². The second-order valence-electron chi connectivity index (χ2n) is 2.61. The predicted molar refractivity (Wildman–Crippen MR) is 47.7 cm³/mol. The van der Waals surface area contributed by atoms with Crippen molar-refractivity contribution in [1.82, 2.24) is 10.2 Å². The maximum Gasteiger partial charge on any atom is 0.117 e. The smallest absolute Gasteiger partial charge is 0.117 e. The van der Waals surface area contributed by atoms with Gasteiger partial charge in [-0.25, -0.2) is 0 Å². The van der Waals surface area contributed by atoms with E-state index in [0.717, 1.165) is 21.6 Å². The summed E-state index contributed by atoms with van der Waals surface area (Å²) in [5.74, 6) is 0. The van der Waals surface area contributed by atoms with Crippen molar-refractivity contribution in [1.29, 1.82) is 0 Å². The van der Waals surface area contributed by atoms with Gasteiger partial charge in [0, 0.05) is 10.4 Å². The number of benzene rings is 1. The molecule has 2 rings (SSSR count). The van der Waals surface area contributed by atoms with E-state index in [-0.39, 0.29) is 0 Å². The number of aromatic nitrogens is 2. The molecule has 0 aliphatic heterocycles. The first-order chi connectivity index (χ1) is 5.81. The number of nitrogens with zero attached hydrogens (tertiary/aromatic N) is 1. The van der Waals surface area contributed by atoms with Gasteiger partial charge in [-0.15, -0.1) is 0 Å². The number of aromatic amines is 1. The van der Waals surface area contributed by atoms with E-state index in [1.54, 1.807) is 0 Å². The summed E-state index contributed by atoms with van der Waals surface area (Å²) in [4.78, 5) is 0. The van der Waals surface area contributed by atoms with Crippen LogP contribution in [0.3, 0.4) is 0 Å². The number of rotatable bonds is 1. The van der Waals surface area contributed by atoms with E-state index >= 15 is 0 Å². The molecule has 62 valence electrons. The van der Waals surface area contributed by atoms with Crippen LogP contribution in [-0.2, 0) is 6.54 Å². The van der Waals surface area contributed by atoms with Gasteiger partial charge < -0.3 is 5.73 Å². The Hall–Kier alpha value is -1.06. The fraction of sp³-hybridized carbons (Fsp3) is 0.125. The van der Waals surface area contributed by atoms with E-state index in [1.165, 1.54) is 0 Å². The van der Waals surface area contributed by atoms with Crippen LogP contribution in [0, 0.1) is 0 Å². The zero-order valence-electron chi connectivity index (χ0n) is 6.47. The van der Waals surface area contributed by atoms with Gasteiger partial charge in [0.2, 0.25) is 0 Å². The highest BCUT2D eigenvalue weighted by Gasteiger charge is 2.04. The summed E-state index contributed by atoms with van der Waals surface area (Å²) in [6.45, 7) is 0.705. The second-order valence-corrected chi connectivity index (χ2v) is 3.05. The molecule has 1 aromatic carbocycles. The van der Waals surface area contributed by atoms with Crippen molar-refractivity contribution < 1.29 is 5.73 Å². The van der Waals surface area contributed by atoms with E-state index in [4.69, 9.17) is 11.6 Å². The molecule has 12 heavy (non-hydrogen) atoms. The van der Waals surface area contributed by atoms with Crippen molar-refractivity contribution in [3.8, 4) is 0 Å². The molecule has 1 aromatic heterocycles. The number of halogens is 1. The summed E-state index contributed by atoms with van der Waals surface area (Å²) >= 11 is 5.84. The highest BCUT2D eigenvalue weighted by atomic mass is 35.5. The van der Waals surface area contributed by atoms with E-state index in [9.17, 15) is 0 Å². The summed E-state index contributed by atoms with van der Waals surface area (Å²) in [6.07, 6.45) is 0. The Morgan fingerprint density at radius 3 is 3.08 bits per heavy atom. The molecular formula is C8H9ClN3+. The second kappa shape index (κ2) is 2.77. The predicted octanol–water partition coefficient (Wildman–Crippen LogP) is 0.958. The van der Waals surface area contributed by atoms with E-state index in [0.29, 0.717) is 6.54 Å². The molecule has 0 saturated carbocycles. The Bertz CT molecular complexity index is 408. The largest absolute Gasteiger partial charge is 0.353 e. The van der Waals surface area contributed by atoms with Crippen LogP contribution >= 0.6 is 11.6 Å². The molecule has 4 N–H and O–H groups in total. The van der Waals surface area contributed by atoms with Gasteiger partial charge in [0.05, 0.1) is 11.2 Å². The summed E-state index contributed by atoms with van der Waals surface area (Å²) in [6, 6.07) is 5.63. The number of nitrogens with one attached hydrogen (secondary N) is 1. The van der Waals surface area contributed by atoms with Gasteiger partial charge in [0.15, 0.2) is 0 Å². The van der Waals surface area contributed by atoms with Crippen LogP contribution in [0.25, 0.3) is 10.9 Å². The van der Waals surface area contributed by atoms with Gasteiger partial charge in [-0.05, 0) is 18.2 Å². The molecule has 0 fully saturated rings. The van der Waals surface area contributed by atoms with Crippen LogP contribution in [0.15, 0.2) is 18.2 Å². The maximum absolute atomic E-state index is 5.84. The Labute approximate surface area is 74.5 Å². The first kappa shape index (κ1) is 7.58. The first-order valence-corrected chi connectivity index (χ1v) is 4.11. The third-order valence-corrected chi connectivity index (χ3v) is 2.08. The van der Waals surface area contributed by atoms with Gasteiger partial charge in [-0.3, -0.25) is 5.10 Å². The summed E-state index contributed by atoms with van der Waals surface area (Å²) in [5.41, 5.74) is 5.77. The van der Waals surface area contributed by atoms with Crippen molar-refractivity contribution in [3.05, 3.63) is 28.9 Å². The van der Waals surface area contributed by atoms with Crippen LogP contribution in [0.4, 0.5) is 0 Å². The fourth-order valence-corrected chi connectivity index (χ4v) is 1.40. The quantitative estimate of drug-likeness (QED) is 0.678. The molecule has 3 nitrogen and oxygen atoms in total. The Morgan fingerprint density at radius 1 is 1.50 bits per heavy atom. The standard InChI is InChI=1S/C8H8ClN3/c9-5-1-2-7-6(3-5)8(4-10)12-11-7/h1-3H,4,10H2,(H,11,12)/p+1. The number of hydrogen-bond donors (Lipinski definition) is 2. The third kappa shape index (κ3) is 1.07. The molecule has 0 unspecified atom stereocenters. The lowest BCUT2D eigenvalue weighted by atomic mass is 10.2. The van der Waals surface area contributed by atoms with Crippen molar-refractivity contribution in [2.24, 2.45) is 0 Å². The molecule has 0 spiro atoms. The fourth-order valence-electron chi connectivity index (χ4n) is 1.23. The molecule has 0 amide bonds. The van der Waals surface area contributed by atoms with Crippen molar-refractivity contribution in [2.45, 2.75) is 6.54 Å². The molecule has 0 aliphatic rings. The van der Waals surface area contributed by atoms with Gasteiger partial charge in [-0.2, -0.15) is 5.10 Å². The van der Waals surface area contributed by atoms with Crippen LogP contribution in [0.1, 0.15) is 5.69 Å². The third-order valence-electron chi connectivity index (χ3n) is 1.85. The molecule has 4 heteroatoms. The minimum atomic E-state index is 0.705. The van der Waals surface area contributed by atoms with Crippen LogP contribution in [0.5, 0.6) is 0 Å². The normalized spacial score (nSPS) is 10.8. The zero-order chi connectivity index (χ0) is 8.55. The highest BCUT2D eigenvalue weighted by Crippen LogP contribution is 2.19. The lowest BCUT2D eigenvalue weighted by molar-refractivity contribution is -0.387. The summed E-state index contributed by atoms with van der Waals surface area (Å²) in [5, 5.41) is 8.83. The van der Waals surface area contributed by atoms with Crippen LogP contribution in [-0.4, -0.2) is 10.2 Å². The molecule has 0 saturated heterocycles. The SMILES string of the molecule is [NH3+]Cc1[nH]nc2ccc(Cl)cc12. The number of H-pyrrole nitrogens is 1. The molecule has 0 bridgehead atoms. The number of fused-ring (bicyclic) bond motifs is 1. The lowest BCUT2D eigenvalue weighted by Gasteiger charge is -1.90. The highest BCUT2D eigenvalue weighted by molar-refractivity contribution is 6.31. The molecular weight excluding hydrogens is 174 g/mol. The number of hydrogen-bond acceptors (Lipinski definition) is 1. The molecule has 0 aliphatic carbocycles. The van der Waals surface area contributed by atoms with Crippen molar-refractivity contribution in [3.63, 3.8) is 0 Å². The Balaban J connectivity index is 2.75. The minimum absolute atomic E-state index is 0.705. The number of quaternary nitrogens is 1. The van der Waals surface area contributed by atoms with Crippen LogP contribution in [0.2, 0.25) is 5.02 Å². The Morgan fingerprint density at radius 2 is 2.33 bits per heavy atom. The average Bonchev–Trinajstić information content (AvgIpc) is 2.46. The molecule has 0 radical (unpaired) electrons.